The number of sulfonamides is 1. The van der Waals surface area contributed by atoms with Gasteiger partial charge in [0.05, 0.1) is 17.5 Å². The highest BCUT2D eigenvalue weighted by atomic mass is 32.2. The molecule has 21 heavy (non-hydrogen) atoms. The largest absolute Gasteiger partial charge is 0.481 e. The van der Waals surface area contributed by atoms with Crippen molar-refractivity contribution in [1.82, 2.24) is 5.32 Å². The maximum absolute atomic E-state index is 12.1. The molecule has 1 rings (SSSR count). The van der Waals surface area contributed by atoms with E-state index in [0.29, 0.717) is 6.42 Å². The molecule has 0 fully saturated rings. The first-order valence-electron chi connectivity index (χ1n) is 6.28. The standard InChI is InChI=1S/C13H18N2O5S/c1-9(7-8-12(16)17)14-13(18)10-5-3-4-6-11(10)15-21(2,19)20/h3-6,9,15H,7-8H2,1-2H3,(H,14,18)(H,16,17). The molecule has 3 N–H and O–H groups in total. The van der Waals surface area contributed by atoms with Crippen LogP contribution >= 0.6 is 0 Å². The van der Waals surface area contributed by atoms with E-state index in [-0.39, 0.29) is 23.7 Å². The van der Waals surface area contributed by atoms with E-state index in [2.05, 4.69) is 10.0 Å². The molecule has 1 unspecified atom stereocenters. The van der Waals surface area contributed by atoms with E-state index in [1.807, 2.05) is 0 Å². The second kappa shape index (κ2) is 7.07. The maximum Gasteiger partial charge on any atom is 0.303 e. The van der Waals surface area contributed by atoms with Crippen molar-refractivity contribution < 1.29 is 23.1 Å². The van der Waals surface area contributed by atoms with Gasteiger partial charge in [0.1, 0.15) is 0 Å². The summed E-state index contributed by atoms with van der Waals surface area (Å²) in [5.41, 5.74) is 0.369. The number of rotatable bonds is 7. The van der Waals surface area contributed by atoms with Crippen LogP contribution in [0.3, 0.4) is 0 Å². The number of amides is 1. The Hall–Kier alpha value is -2.09. The fourth-order valence-electron chi connectivity index (χ4n) is 1.68. The molecule has 0 heterocycles. The Morgan fingerprint density at radius 3 is 2.48 bits per heavy atom. The molecule has 8 heteroatoms. The predicted octanol–water partition coefficient (Wildman–Crippen LogP) is 1.04. The Bertz CT molecular complexity index is 627. The summed E-state index contributed by atoms with van der Waals surface area (Å²) in [5.74, 6) is -1.39. The number of nitrogens with one attached hydrogen (secondary N) is 2. The van der Waals surface area contributed by atoms with E-state index >= 15 is 0 Å². The third-order valence-corrected chi connectivity index (χ3v) is 3.23. The molecule has 0 aliphatic rings. The van der Waals surface area contributed by atoms with Gasteiger partial charge in [0.15, 0.2) is 0 Å². The number of benzene rings is 1. The van der Waals surface area contributed by atoms with Crippen LogP contribution in [0.25, 0.3) is 0 Å². The molecule has 0 radical (unpaired) electrons. The highest BCUT2D eigenvalue weighted by Crippen LogP contribution is 2.16. The van der Waals surface area contributed by atoms with Crippen molar-refractivity contribution in [1.29, 1.82) is 0 Å². The lowest BCUT2D eigenvalue weighted by molar-refractivity contribution is -0.137. The molecule has 0 aliphatic heterocycles. The van der Waals surface area contributed by atoms with Gasteiger partial charge in [-0.3, -0.25) is 14.3 Å². The number of carboxylic acids is 1. The number of aliphatic carboxylic acids is 1. The number of para-hydroxylation sites is 1. The molecule has 1 aromatic rings. The lowest BCUT2D eigenvalue weighted by Crippen LogP contribution is -2.33. The molecule has 0 aliphatic carbocycles. The van der Waals surface area contributed by atoms with Gasteiger partial charge in [-0.05, 0) is 25.5 Å². The SMILES string of the molecule is CC(CCC(=O)O)NC(=O)c1ccccc1NS(C)(=O)=O. The summed E-state index contributed by atoms with van der Waals surface area (Å²) in [6.45, 7) is 1.69. The quantitative estimate of drug-likeness (QED) is 0.696. The Kier molecular flexibility index (Phi) is 5.71. The zero-order chi connectivity index (χ0) is 16.0. The molecule has 0 aromatic heterocycles. The van der Waals surface area contributed by atoms with Crippen LogP contribution in [-0.2, 0) is 14.8 Å². The summed E-state index contributed by atoms with van der Waals surface area (Å²) < 4.78 is 24.8. The van der Waals surface area contributed by atoms with E-state index in [9.17, 15) is 18.0 Å². The topological polar surface area (TPSA) is 113 Å². The number of hydrogen-bond acceptors (Lipinski definition) is 4. The first-order valence-corrected chi connectivity index (χ1v) is 8.17. The van der Waals surface area contributed by atoms with Gasteiger partial charge in [0.25, 0.3) is 5.91 Å². The third kappa shape index (κ3) is 6.26. The lowest BCUT2D eigenvalue weighted by Gasteiger charge is -2.15. The summed E-state index contributed by atoms with van der Waals surface area (Å²) in [6, 6.07) is 5.87. The molecule has 0 bridgehead atoms. The van der Waals surface area contributed by atoms with Crippen LogP contribution in [-0.4, -0.2) is 37.7 Å². The molecule has 1 aromatic carbocycles. The van der Waals surface area contributed by atoms with Gasteiger partial charge >= 0.3 is 5.97 Å². The van der Waals surface area contributed by atoms with E-state index in [0.717, 1.165) is 6.26 Å². The van der Waals surface area contributed by atoms with Gasteiger partial charge in [0, 0.05) is 12.5 Å². The Morgan fingerprint density at radius 1 is 1.29 bits per heavy atom. The molecule has 0 saturated heterocycles. The molecule has 116 valence electrons. The van der Waals surface area contributed by atoms with Gasteiger partial charge in [-0.1, -0.05) is 12.1 Å². The first kappa shape index (κ1) is 17.0. The van der Waals surface area contributed by atoms with Crippen LogP contribution in [0.1, 0.15) is 30.1 Å². The highest BCUT2D eigenvalue weighted by Gasteiger charge is 2.16. The molecule has 7 nitrogen and oxygen atoms in total. The van der Waals surface area contributed by atoms with Crippen LogP contribution in [0.5, 0.6) is 0 Å². The van der Waals surface area contributed by atoms with Crippen LogP contribution in [0.4, 0.5) is 5.69 Å². The zero-order valence-electron chi connectivity index (χ0n) is 11.8. The normalized spacial score (nSPS) is 12.5. The number of hydrogen-bond donors (Lipinski definition) is 3. The number of carbonyl (C=O) groups excluding carboxylic acids is 1. The molecule has 0 spiro atoms. The summed E-state index contributed by atoms with van der Waals surface area (Å²) >= 11 is 0. The smallest absolute Gasteiger partial charge is 0.303 e. The molecular formula is C13H18N2O5S. The van der Waals surface area contributed by atoms with E-state index in [4.69, 9.17) is 5.11 Å². The van der Waals surface area contributed by atoms with Crippen molar-refractivity contribution >= 4 is 27.6 Å². The Balaban J connectivity index is 2.80. The second-order valence-electron chi connectivity index (χ2n) is 4.73. The average molecular weight is 314 g/mol. The summed E-state index contributed by atoms with van der Waals surface area (Å²) in [4.78, 5) is 22.6. The van der Waals surface area contributed by atoms with Crippen molar-refractivity contribution in [2.75, 3.05) is 11.0 Å². The maximum atomic E-state index is 12.1. The zero-order valence-corrected chi connectivity index (χ0v) is 12.6. The first-order chi connectivity index (χ1) is 9.69. The van der Waals surface area contributed by atoms with Crippen LogP contribution in [0, 0.1) is 0 Å². The number of carboxylic acid groups (broad SMARTS) is 1. The van der Waals surface area contributed by atoms with E-state index in [1.165, 1.54) is 12.1 Å². The van der Waals surface area contributed by atoms with Crippen LogP contribution < -0.4 is 10.0 Å². The molecule has 1 amide bonds. The molecule has 0 saturated carbocycles. The summed E-state index contributed by atoms with van der Waals surface area (Å²) in [5, 5.41) is 11.2. The lowest BCUT2D eigenvalue weighted by atomic mass is 10.1. The van der Waals surface area contributed by atoms with Crippen molar-refractivity contribution in [3.63, 3.8) is 0 Å². The fourth-order valence-corrected chi connectivity index (χ4v) is 2.26. The van der Waals surface area contributed by atoms with Crippen molar-refractivity contribution in [2.45, 2.75) is 25.8 Å². The van der Waals surface area contributed by atoms with Crippen LogP contribution in [0.2, 0.25) is 0 Å². The number of anilines is 1. The minimum Gasteiger partial charge on any atom is -0.481 e. The number of carbonyl (C=O) groups is 2. The monoisotopic (exact) mass is 314 g/mol. The summed E-state index contributed by atoms with van der Waals surface area (Å²) in [7, 11) is -3.49. The average Bonchev–Trinajstić information content (AvgIpc) is 2.35. The predicted molar refractivity (Wildman–Crippen MR) is 78.7 cm³/mol. The van der Waals surface area contributed by atoms with Gasteiger partial charge in [-0.2, -0.15) is 0 Å². The highest BCUT2D eigenvalue weighted by molar-refractivity contribution is 7.92. The van der Waals surface area contributed by atoms with E-state index < -0.39 is 21.9 Å². The molecule has 1 atom stereocenters. The Morgan fingerprint density at radius 2 is 1.90 bits per heavy atom. The second-order valence-corrected chi connectivity index (χ2v) is 6.48. The van der Waals surface area contributed by atoms with Crippen molar-refractivity contribution in [3.05, 3.63) is 29.8 Å². The van der Waals surface area contributed by atoms with Gasteiger partial charge in [-0.25, -0.2) is 8.42 Å². The van der Waals surface area contributed by atoms with Crippen molar-refractivity contribution in [3.8, 4) is 0 Å². The van der Waals surface area contributed by atoms with Gasteiger partial charge < -0.3 is 10.4 Å². The third-order valence-electron chi connectivity index (χ3n) is 2.64. The minimum atomic E-state index is -3.49. The van der Waals surface area contributed by atoms with E-state index in [1.54, 1.807) is 19.1 Å². The molecular weight excluding hydrogens is 296 g/mol. The van der Waals surface area contributed by atoms with Crippen molar-refractivity contribution in [2.24, 2.45) is 0 Å². The van der Waals surface area contributed by atoms with Gasteiger partial charge in [0.2, 0.25) is 10.0 Å². The Labute approximate surface area is 123 Å². The summed E-state index contributed by atoms with van der Waals surface area (Å²) in [6.07, 6.45) is 1.24. The van der Waals surface area contributed by atoms with Gasteiger partial charge in [-0.15, -0.1) is 0 Å². The minimum absolute atomic E-state index is 0.0509. The fraction of sp³-hybridized carbons (Fsp3) is 0.385. The van der Waals surface area contributed by atoms with Crippen LogP contribution in [0.15, 0.2) is 24.3 Å².